The Morgan fingerprint density at radius 3 is 0.766 bits per heavy atom. The molecule has 0 aliphatic heterocycles. The van der Waals surface area contributed by atoms with Gasteiger partial charge in [0.1, 0.15) is 0 Å². The van der Waals surface area contributed by atoms with Gasteiger partial charge in [0, 0.05) is 0 Å². The summed E-state index contributed by atoms with van der Waals surface area (Å²) < 4.78 is 0. The quantitative estimate of drug-likeness (QED) is 0.118. The van der Waals surface area contributed by atoms with E-state index in [0.29, 0.717) is 0 Å². The molecular weight excluding hydrogens is 715 g/mol. The second-order valence-corrected chi connectivity index (χ2v) is 14.9. The van der Waals surface area contributed by atoms with E-state index in [1.807, 2.05) is 49.4 Å². The number of hydrogen-bond acceptors (Lipinski definition) is 0. The maximum atomic E-state index is 4.57. The Bertz CT molecular complexity index is 1480. The van der Waals surface area contributed by atoms with Crippen molar-refractivity contribution in [1.29, 1.82) is 0 Å². The molecule has 1 saturated carbocycles. The van der Waals surface area contributed by atoms with Crippen molar-refractivity contribution in [1.82, 2.24) is 0 Å². The average molecular weight is 754 g/mol. The fraction of sp³-hybridized carbons (Fsp3) is 0.0465. The third-order valence-corrected chi connectivity index (χ3v) is 12.6. The monoisotopic (exact) mass is 754 g/mol. The molecule has 0 bridgehead atoms. The first-order valence-corrected chi connectivity index (χ1v) is 20.4. The molecule has 0 heterocycles. The van der Waals surface area contributed by atoms with E-state index in [2.05, 4.69) is 193 Å². The van der Waals surface area contributed by atoms with Gasteiger partial charge in [0.15, 0.2) is 0 Å². The third-order valence-electron chi connectivity index (χ3n) is 7.33. The summed E-state index contributed by atoms with van der Waals surface area (Å²) in [6.45, 7) is 4.41. The average Bonchev–Trinajstić information content (AvgIpc) is 3.74. The second-order valence-electron chi connectivity index (χ2n) is 10.5. The molecule has 6 aromatic rings. The number of rotatable bonds is 6. The van der Waals surface area contributed by atoms with Gasteiger partial charge in [0.25, 0.3) is 0 Å². The number of halogens is 1. The van der Waals surface area contributed by atoms with Crippen molar-refractivity contribution in [2.75, 3.05) is 0 Å². The van der Waals surface area contributed by atoms with E-state index in [0.717, 1.165) is 0 Å². The molecule has 0 amide bonds. The van der Waals surface area contributed by atoms with Crippen molar-refractivity contribution in [3.05, 3.63) is 213 Å². The molecule has 1 aliphatic rings. The van der Waals surface area contributed by atoms with Crippen LogP contribution >= 0.6 is 25.5 Å². The molecule has 0 atom stereocenters. The SMILES string of the molecule is Cc1ccccc1P(c1ccccc1)c1ccccc1.Cc1ccccc1P(c1ccccc1)c1ccccc1.[CH]1[CH][CH][CH][CH]1.[Cl][Ru+]. The Morgan fingerprint density at radius 1 is 0.319 bits per heavy atom. The summed E-state index contributed by atoms with van der Waals surface area (Å²) in [5.41, 5.74) is 2.73. The minimum absolute atomic E-state index is 0.467. The number of hydrogen-bond donors (Lipinski definition) is 0. The Hall–Kier alpha value is -2.91. The van der Waals surface area contributed by atoms with Gasteiger partial charge in [0.2, 0.25) is 0 Å². The van der Waals surface area contributed by atoms with E-state index in [-0.39, 0.29) is 0 Å². The van der Waals surface area contributed by atoms with Crippen molar-refractivity contribution < 1.29 is 17.3 Å². The molecule has 0 saturated heterocycles. The van der Waals surface area contributed by atoms with E-state index in [9.17, 15) is 0 Å². The first-order chi connectivity index (χ1) is 23.2. The molecule has 6 aromatic carbocycles. The van der Waals surface area contributed by atoms with Gasteiger partial charge in [-0.2, -0.15) is 0 Å². The molecule has 0 nitrogen and oxygen atoms in total. The van der Waals surface area contributed by atoms with E-state index in [4.69, 9.17) is 0 Å². The van der Waals surface area contributed by atoms with Crippen molar-refractivity contribution in [2.45, 2.75) is 13.8 Å². The first-order valence-electron chi connectivity index (χ1n) is 15.4. The van der Waals surface area contributed by atoms with Crippen molar-refractivity contribution in [3.8, 4) is 0 Å². The summed E-state index contributed by atoms with van der Waals surface area (Å²) in [6.07, 6.45) is 10.0. The molecular formula is C43H39ClP2Ru+. The van der Waals surface area contributed by atoms with Gasteiger partial charge in [0.05, 0.1) is 0 Å². The van der Waals surface area contributed by atoms with Crippen LogP contribution in [0, 0.1) is 46.0 Å². The minimum atomic E-state index is -0.467. The normalized spacial score (nSPS) is 11.8. The molecule has 0 aromatic heterocycles. The maximum absolute atomic E-state index is 4.57. The standard InChI is InChI=1S/2C19H17P.C5H5.ClH.Ru/c2*1-16-10-8-9-15-19(16)20(17-11-4-2-5-12-17)18-13-6-3-7-14-18;1-2-4-5-3-1;;/h2*2-15H,1H3;1-5H;1H;/q;;;;+2/p-1. The Kier molecular flexibility index (Phi) is 16.6. The van der Waals surface area contributed by atoms with Crippen molar-refractivity contribution in [2.24, 2.45) is 0 Å². The molecule has 1 fully saturated rings. The van der Waals surface area contributed by atoms with E-state index in [1.54, 1.807) is 0 Å². The molecule has 5 radical (unpaired) electrons. The summed E-state index contributed by atoms with van der Waals surface area (Å²) in [4.78, 5) is 0. The van der Waals surface area contributed by atoms with Crippen molar-refractivity contribution >= 4 is 57.4 Å². The first kappa shape index (κ1) is 36.9. The van der Waals surface area contributed by atoms with Crippen LogP contribution in [0.5, 0.6) is 0 Å². The summed E-state index contributed by atoms with van der Waals surface area (Å²) in [6, 6.07) is 60.8. The van der Waals surface area contributed by atoms with Crippen LogP contribution in [0.15, 0.2) is 170 Å². The van der Waals surface area contributed by atoms with Crippen LogP contribution in [-0.2, 0) is 17.3 Å². The third kappa shape index (κ3) is 11.3. The van der Waals surface area contributed by atoms with Gasteiger partial charge >= 0.3 is 27.0 Å². The molecule has 0 spiro atoms. The summed E-state index contributed by atoms with van der Waals surface area (Å²) >= 11 is 1.82. The molecule has 0 unspecified atom stereocenters. The Labute approximate surface area is 299 Å². The van der Waals surface area contributed by atoms with E-state index >= 15 is 0 Å². The summed E-state index contributed by atoms with van der Waals surface area (Å²) in [5, 5.41) is 8.51. The Balaban J connectivity index is 0.000000177. The van der Waals surface area contributed by atoms with Gasteiger partial charge in [-0.1, -0.05) is 170 Å². The molecule has 4 heteroatoms. The summed E-state index contributed by atoms with van der Waals surface area (Å²) in [7, 11) is 3.64. The van der Waals surface area contributed by atoms with Crippen LogP contribution in [0.1, 0.15) is 11.1 Å². The van der Waals surface area contributed by atoms with Gasteiger partial charge in [-0.05, 0) is 105 Å². The fourth-order valence-electron chi connectivity index (χ4n) is 5.11. The molecule has 7 rings (SSSR count). The zero-order chi connectivity index (χ0) is 33.1. The van der Waals surface area contributed by atoms with Crippen molar-refractivity contribution in [3.63, 3.8) is 0 Å². The second kappa shape index (κ2) is 21.1. The number of aryl methyl sites for hydroxylation is 2. The van der Waals surface area contributed by atoms with Gasteiger partial charge < -0.3 is 0 Å². The van der Waals surface area contributed by atoms with E-state index in [1.165, 1.54) is 43.0 Å². The van der Waals surface area contributed by atoms with Gasteiger partial charge in [-0.3, -0.25) is 0 Å². The molecule has 47 heavy (non-hydrogen) atoms. The van der Waals surface area contributed by atoms with Crippen LogP contribution in [0.25, 0.3) is 0 Å². The van der Waals surface area contributed by atoms with E-state index < -0.39 is 15.8 Å². The zero-order valence-corrected chi connectivity index (χ0v) is 31.0. The molecule has 0 N–H and O–H groups in total. The topological polar surface area (TPSA) is 0 Å². The Morgan fingerprint density at radius 2 is 0.532 bits per heavy atom. The van der Waals surface area contributed by atoms with Crippen LogP contribution in [0.4, 0.5) is 0 Å². The predicted octanol–water partition coefficient (Wildman–Crippen LogP) is 9.21. The van der Waals surface area contributed by atoms with Crippen LogP contribution < -0.4 is 31.8 Å². The van der Waals surface area contributed by atoms with Crippen LogP contribution in [0.3, 0.4) is 0 Å². The number of benzene rings is 6. The summed E-state index contributed by atoms with van der Waals surface area (Å²) in [5.74, 6) is 0. The van der Waals surface area contributed by atoms with Gasteiger partial charge in [-0.25, -0.2) is 0 Å². The zero-order valence-electron chi connectivity index (χ0n) is 26.7. The van der Waals surface area contributed by atoms with Crippen LogP contribution in [0.2, 0.25) is 0 Å². The van der Waals surface area contributed by atoms with Crippen LogP contribution in [-0.4, -0.2) is 0 Å². The molecule has 1 aliphatic carbocycles. The molecule has 235 valence electrons. The van der Waals surface area contributed by atoms with Gasteiger partial charge in [-0.15, -0.1) is 0 Å². The predicted molar refractivity (Wildman–Crippen MR) is 207 cm³/mol. The fourth-order valence-corrected chi connectivity index (χ4v) is 10.0.